The summed E-state index contributed by atoms with van der Waals surface area (Å²) in [5.41, 5.74) is 2.78. The molecular formula is C26H27ClN2O3S. The summed E-state index contributed by atoms with van der Waals surface area (Å²) in [4.78, 5) is 31.7. The fourth-order valence-electron chi connectivity index (χ4n) is 4.26. The highest BCUT2D eigenvalue weighted by molar-refractivity contribution is 7.10. The van der Waals surface area contributed by atoms with Crippen LogP contribution in [0.1, 0.15) is 38.8 Å². The van der Waals surface area contributed by atoms with E-state index in [0.29, 0.717) is 36.7 Å². The van der Waals surface area contributed by atoms with Crippen LogP contribution in [-0.2, 0) is 16.0 Å². The Kier molecular flexibility index (Phi) is 7.81. The first-order valence-corrected chi connectivity index (χ1v) is 12.3. The van der Waals surface area contributed by atoms with Gasteiger partial charge in [-0.1, -0.05) is 41.9 Å². The van der Waals surface area contributed by atoms with Crippen molar-refractivity contribution in [2.24, 2.45) is 0 Å². The summed E-state index contributed by atoms with van der Waals surface area (Å²) in [5.74, 6) is -0.235. The van der Waals surface area contributed by atoms with E-state index in [1.165, 1.54) is 10.4 Å². The van der Waals surface area contributed by atoms with E-state index in [9.17, 15) is 9.59 Å². The van der Waals surface area contributed by atoms with Crippen LogP contribution >= 0.6 is 22.9 Å². The Morgan fingerprint density at radius 1 is 1.12 bits per heavy atom. The lowest BCUT2D eigenvalue weighted by Crippen LogP contribution is -2.47. The van der Waals surface area contributed by atoms with Crippen molar-refractivity contribution in [3.8, 4) is 0 Å². The Balaban J connectivity index is 1.58. The van der Waals surface area contributed by atoms with Gasteiger partial charge in [0.05, 0.1) is 6.04 Å². The molecule has 5 nitrogen and oxygen atoms in total. The minimum Gasteiger partial charge on any atom is -0.385 e. The highest BCUT2D eigenvalue weighted by Gasteiger charge is 2.34. The van der Waals surface area contributed by atoms with Gasteiger partial charge in [-0.25, -0.2) is 0 Å². The van der Waals surface area contributed by atoms with E-state index in [1.807, 2.05) is 23.1 Å². The number of amides is 2. The van der Waals surface area contributed by atoms with Crippen molar-refractivity contribution in [3.05, 3.63) is 92.6 Å². The maximum Gasteiger partial charge on any atom is 0.254 e. The summed E-state index contributed by atoms with van der Waals surface area (Å²) < 4.78 is 5.17. The lowest BCUT2D eigenvalue weighted by molar-refractivity contribution is -0.134. The van der Waals surface area contributed by atoms with Crippen LogP contribution in [0.3, 0.4) is 0 Å². The molecule has 2 aromatic carbocycles. The van der Waals surface area contributed by atoms with E-state index in [-0.39, 0.29) is 24.4 Å². The number of hydrogen-bond donors (Lipinski definition) is 0. The Hall–Kier alpha value is -2.67. The molecule has 1 aliphatic rings. The second-order valence-corrected chi connectivity index (χ2v) is 9.47. The predicted octanol–water partition coefficient (Wildman–Crippen LogP) is 5.05. The molecule has 172 valence electrons. The number of rotatable bonds is 8. The van der Waals surface area contributed by atoms with Crippen LogP contribution in [0.15, 0.2) is 66.0 Å². The van der Waals surface area contributed by atoms with Gasteiger partial charge in [-0.3, -0.25) is 9.59 Å². The van der Waals surface area contributed by atoms with Crippen molar-refractivity contribution >= 4 is 34.8 Å². The van der Waals surface area contributed by atoms with Crippen molar-refractivity contribution in [1.82, 2.24) is 9.80 Å². The van der Waals surface area contributed by atoms with Gasteiger partial charge in [0.25, 0.3) is 5.91 Å². The SMILES string of the molecule is COCCCN(CC(=O)N1CCc2sccc2C1c1ccccc1)C(=O)c1ccc(Cl)cc1. The van der Waals surface area contributed by atoms with Gasteiger partial charge < -0.3 is 14.5 Å². The van der Waals surface area contributed by atoms with Crippen molar-refractivity contribution in [3.63, 3.8) is 0 Å². The summed E-state index contributed by atoms with van der Waals surface area (Å²) in [7, 11) is 1.63. The average molecular weight is 483 g/mol. The van der Waals surface area contributed by atoms with E-state index in [0.717, 1.165) is 12.0 Å². The Morgan fingerprint density at radius 2 is 1.88 bits per heavy atom. The minimum absolute atomic E-state index is 0.0218. The van der Waals surface area contributed by atoms with E-state index >= 15 is 0 Å². The van der Waals surface area contributed by atoms with Crippen molar-refractivity contribution in [1.29, 1.82) is 0 Å². The number of nitrogens with zero attached hydrogens (tertiary/aromatic N) is 2. The first-order valence-electron chi connectivity index (χ1n) is 11.0. The molecule has 2 amide bonds. The molecule has 2 heterocycles. The number of halogens is 1. The molecule has 33 heavy (non-hydrogen) atoms. The van der Waals surface area contributed by atoms with E-state index in [1.54, 1.807) is 47.6 Å². The van der Waals surface area contributed by atoms with Crippen LogP contribution in [-0.4, -0.2) is 55.0 Å². The van der Waals surface area contributed by atoms with Gasteiger partial charge in [0, 0.05) is 42.3 Å². The highest BCUT2D eigenvalue weighted by atomic mass is 35.5. The third-order valence-corrected chi connectivity index (χ3v) is 7.13. The van der Waals surface area contributed by atoms with Crippen LogP contribution in [0, 0.1) is 0 Å². The van der Waals surface area contributed by atoms with Gasteiger partial charge in [-0.05, 0) is 59.7 Å². The first-order chi connectivity index (χ1) is 16.1. The number of methoxy groups -OCH3 is 1. The van der Waals surface area contributed by atoms with Gasteiger partial charge in [-0.2, -0.15) is 0 Å². The first kappa shape index (κ1) is 23.5. The van der Waals surface area contributed by atoms with Crippen molar-refractivity contribution in [2.45, 2.75) is 18.9 Å². The molecule has 0 fully saturated rings. The monoisotopic (exact) mass is 482 g/mol. The van der Waals surface area contributed by atoms with Gasteiger partial charge in [0.15, 0.2) is 0 Å². The zero-order chi connectivity index (χ0) is 23.2. The van der Waals surface area contributed by atoms with Crippen molar-refractivity contribution < 1.29 is 14.3 Å². The van der Waals surface area contributed by atoms with Crippen LogP contribution in [0.2, 0.25) is 5.02 Å². The second kappa shape index (κ2) is 11.0. The van der Waals surface area contributed by atoms with Crippen LogP contribution in [0.4, 0.5) is 0 Å². The molecule has 1 aliphatic heterocycles. The molecule has 0 saturated heterocycles. The Labute approximate surface area is 203 Å². The smallest absolute Gasteiger partial charge is 0.254 e. The number of benzene rings is 2. The number of thiophene rings is 1. The Bertz CT molecular complexity index is 1080. The fraction of sp³-hybridized carbons (Fsp3) is 0.308. The van der Waals surface area contributed by atoms with E-state index < -0.39 is 0 Å². The molecule has 1 unspecified atom stereocenters. The fourth-order valence-corrected chi connectivity index (χ4v) is 5.29. The third kappa shape index (κ3) is 5.46. The second-order valence-electron chi connectivity index (χ2n) is 8.03. The van der Waals surface area contributed by atoms with Gasteiger partial charge in [0.1, 0.15) is 6.54 Å². The van der Waals surface area contributed by atoms with Gasteiger partial charge >= 0.3 is 0 Å². The zero-order valence-electron chi connectivity index (χ0n) is 18.6. The molecule has 0 bridgehead atoms. The molecule has 1 aromatic heterocycles. The topological polar surface area (TPSA) is 49.9 Å². The average Bonchev–Trinajstić information content (AvgIpc) is 3.32. The summed E-state index contributed by atoms with van der Waals surface area (Å²) in [6.07, 6.45) is 1.48. The molecule has 3 aromatic rings. The van der Waals surface area contributed by atoms with E-state index in [2.05, 4.69) is 23.6 Å². The Morgan fingerprint density at radius 3 is 2.61 bits per heavy atom. The number of fused-ring (bicyclic) bond motifs is 1. The molecule has 7 heteroatoms. The summed E-state index contributed by atoms with van der Waals surface area (Å²) >= 11 is 7.73. The zero-order valence-corrected chi connectivity index (χ0v) is 20.1. The minimum atomic E-state index is -0.180. The molecule has 4 rings (SSSR count). The quantitative estimate of drug-likeness (QED) is 0.422. The van der Waals surface area contributed by atoms with Crippen molar-refractivity contribution in [2.75, 3.05) is 33.4 Å². The molecule has 1 atom stereocenters. The predicted molar refractivity (Wildman–Crippen MR) is 132 cm³/mol. The number of carbonyl (C=O) groups is 2. The number of hydrogen-bond acceptors (Lipinski definition) is 4. The molecule has 0 saturated carbocycles. The van der Waals surface area contributed by atoms with Crippen LogP contribution < -0.4 is 0 Å². The molecular weight excluding hydrogens is 456 g/mol. The third-order valence-electron chi connectivity index (χ3n) is 5.88. The maximum absolute atomic E-state index is 13.6. The van der Waals surface area contributed by atoms with Gasteiger partial charge in [-0.15, -0.1) is 11.3 Å². The standard InChI is InChI=1S/C26H27ClN2O3S/c1-32-16-5-14-28(26(31)20-8-10-21(27)11-9-20)18-24(30)29-15-12-23-22(13-17-33-23)25(29)19-6-3-2-4-7-19/h2-4,6-11,13,17,25H,5,12,14-16,18H2,1H3. The van der Waals surface area contributed by atoms with Crippen LogP contribution in [0.25, 0.3) is 0 Å². The molecule has 0 N–H and O–H groups in total. The number of carbonyl (C=O) groups excluding carboxylic acids is 2. The van der Waals surface area contributed by atoms with Gasteiger partial charge in [0.2, 0.25) is 5.91 Å². The van der Waals surface area contributed by atoms with E-state index in [4.69, 9.17) is 16.3 Å². The molecule has 0 spiro atoms. The molecule has 0 radical (unpaired) electrons. The molecule has 0 aliphatic carbocycles. The summed E-state index contributed by atoms with van der Waals surface area (Å²) in [6, 6.07) is 18.9. The lowest BCUT2D eigenvalue weighted by atomic mass is 9.93. The summed E-state index contributed by atoms with van der Waals surface area (Å²) in [5, 5.41) is 2.66. The number of ether oxygens (including phenoxy) is 1. The maximum atomic E-state index is 13.6. The largest absolute Gasteiger partial charge is 0.385 e. The highest BCUT2D eigenvalue weighted by Crippen LogP contribution is 2.37. The normalized spacial score (nSPS) is 15.2. The summed E-state index contributed by atoms with van der Waals surface area (Å²) in [6.45, 7) is 1.61. The lowest BCUT2D eigenvalue weighted by Gasteiger charge is -2.37. The van der Waals surface area contributed by atoms with Crippen LogP contribution in [0.5, 0.6) is 0 Å².